The van der Waals surface area contributed by atoms with E-state index in [-0.39, 0.29) is 11.9 Å². The highest BCUT2D eigenvalue weighted by Crippen LogP contribution is 2.27. The highest BCUT2D eigenvalue weighted by Gasteiger charge is 2.33. The Hall–Kier alpha value is -2.71. The lowest BCUT2D eigenvalue weighted by Crippen LogP contribution is -2.49. The lowest BCUT2D eigenvalue weighted by Gasteiger charge is -2.24. The lowest BCUT2D eigenvalue weighted by molar-refractivity contribution is -0.124. The number of carbonyl (C=O) groups excluding carboxylic acids is 2. The minimum Gasteiger partial charge on any atom is -0.349 e. The van der Waals surface area contributed by atoms with E-state index >= 15 is 0 Å². The van der Waals surface area contributed by atoms with Crippen molar-refractivity contribution < 1.29 is 9.59 Å². The number of thiazole rings is 1. The van der Waals surface area contributed by atoms with Crippen LogP contribution in [-0.2, 0) is 17.9 Å². The van der Waals surface area contributed by atoms with E-state index < -0.39 is 6.04 Å². The minimum absolute atomic E-state index is 0.122. The van der Waals surface area contributed by atoms with E-state index in [1.54, 1.807) is 27.6 Å². The van der Waals surface area contributed by atoms with Gasteiger partial charge in [0.25, 0.3) is 0 Å². The average molecular weight is 427 g/mol. The van der Waals surface area contributed by atoms with E-state index in [1.807, 2.05) is 53.2 Å². The number of urea groups is 1. The molecule has 3 heterocycles. The Kier molecular flexibility index (Phi) is 6.21. The number of likely N-dealkylation sites (tertiary alicyclic amines) is 1. The number of rotatable bonds is 6. The second-order valence-electron chi connectivity index (χ2n) is 6.83. The molecule has 1 aromatic carbocycles. The van der Waals surface area contributed by atoms with Crippen molar-refractivity contribution >= 4 is 34.6 Å². The molecule has 0 radical (unpaired) electrons. The molecule has 1 atom stereocenters. The molecule has 2 aromatic heterocycles. The Morgan fingerprint density at radius 3 is 2.72 bits per heavy atom. The third kappa shape index (κ3) is 4.83. The van der Waals surface area contributed by atoms with Crippen LogP contribution in [0.2, 0.25) is 0 Å². The molecule has 1 saturated heterocycles. The Morgan fingerprint density at radius 2 is 1.93 bits per heavy atom. The molecule has 1 aliphatic rings. The van der Waals surface area contributed by atoms with Gasteiger partial charge in [-0.25, -0.2) is 9.78 Å². The van der Waals surface area contributed by atoms with E-state index in [1.165, 1.54) is 0 Å². The van der Waals surface area contributed by atoms with Gasteiger partial charge in [-0.05, 0) is 29.9 Å². The molecule has 8 heteroatoms. The van der Waals surface area contributed by atoms with Crippen molar-refractivity contribution in [2.45, 2.75) is 32.0 Å². The van der Waals surface area contributed by atoms with Crippen molar-refractivity contribution in [3.63, 3.8) is 0 Å². The van der Waals surface area contributed by atoms with Gasteiger partial charge in [0.2, 0.25) is 5.91 Å². The molecular formula is C21H22N4O2S2. The van der Waals surface area contributed by atoms with Crippen LogP contribution < -0.4 is 10.6 Å². The van der Waals surface area contributed by atoms with Crippen LogP contribution in [0.3, 0.4) is 0 Å². The van der Waals surface area contributed by atoms with Crippen LogP contribution in [0.1, 0.15) is 24.1 Å². The smallest absolute Gasteiger partial charge is 0.318 e. The monoisotopic (exact) mass is 426 g/mol. The summed E-state index contributed by atoms with van der Waals surface area (Å²) in [5.41, 5.74) is 1.87. The summed E-state index contributed by atoms with van der Waals surface area (Å²) in [4.78, 5) is 32.6. The van der Waals surface area contributed by atoms with Crippen LogP contribution in [0, 0.1) is 0 Å². The predicted octanol–water partition coefficient (Wildman–Crippen LogP) is 3.86. The van der Waals surface area contributed by atoms with Crippen molar-refractivity contribution in [2.75, 3.05) is 6.54 Å². The van der Waals surface area contributed by atoms with Gasteiger partial charge < -0.3 is 15.5 Å². The fourth-order valence-corrected chi connectivity index (χ4v) is 4.99. The quantitative estimate of drug-likeness (QED) is 0.629. The molecule has 2 N–H and O–H groups in total. The third-order valence-corrected chi connectivity index (χ3v) is 6.76. The summed E-state index contributed by atoms with van der Waals surface area (Å²) in [5, 5.41) is 10.8. The summed E-state index contributed by atoms with van der Waals surface area (Å²) in [6.07, 6.45) is 1.51. The van der Waals surface area contributed by atoms with Crippen LogP contribution >= 0.6 is 22.7 Å². The lowest BCUT2D eigenvalue weighted by atomic mass is 10.2. The molecule has 3 aromatic rings. The zero-order valence-corrected chi connectivity index (χ0v) is 17.5. The molecule has 6 nitrogen and oxygen atoms in total. The van der Waals surface area contributed by atoms with Gasteiger partial charge in [-0.2, -0.15) is 0 Å². The van der Waals surface area contributed by atoms with Crippen LogP contribution in [0.5, 0.6) is 0 Å². The second kappa shape index (κ2) is 9.19. The number of carbonyl (C=O) groups is 2. The first-order chi connectivity index (χ1) is 14.2. The summed E-state index contributed by atoms with van der Waals surface area (Å²) in [6, 6.07) is 13.2. The number of aromatic nitrogens is 1. The summed E-state index contributed by atoms with van der Waals surface area (Å²) in [7, 11) is 0. The highest BCUT2D eigenvalue weighted by atomic mass is 32.1. The van der Waals surface area contributed by atoms with Gasteiger partial charge in [-0.15, -0.1) is 22.7 Å². The summed E-state index contributed by atoms with van der Waals surface area (Å²) in [5.74, 6) is -0.122. The van der Waals surface area contributed by atoms with Crippen molar-refractivity contribution in [1.29, 1.82) is 0 Å². The molecule has 0 bridgehead atoms. The Morgan fingerprint density at radius 1 is 1.07 bits per heavy atom. The summed E-state index contributed by atoms with van der Waals surface area (Å²) >= 11 is 3.22. The maximum absolute atomic E-state index is 12.7. The van der Waals surface area contributed by atoms with Gasteiger partial charge in [0, 0.05) is 18.5 Å². The molecule has 29 heavy (non-hydrogen) atoms. The predicted molar refractivity (Wildman–Crippen MR) is 116 cm³/mol. The van der Waals surface area contributed by atoms with Crippen molar-refractivity contribution in [3.8, 4) is 9.88 Å². The molecule has 0 spiro atoms. The molecule has 0 saturated carbocycles. The van der Waals surface area contributed by atoms with E-state index in [9.17, 15) is 9.59 Å². The van der Waals surface area contributed by atoms with E-state index in [2.05, 4.69) is 15.6 Å². The molecule has 0 aliphatic carbocycles. The molecule has 150 valence electrons. The summed E-state index contributed by atoms with van der Waals surface area (Å²) < 4.78 is 0. The van der Waals surface area contributed by atoms with Gasteiger partial charge in [-0.3, -0.25) is 4.79 Å². The molecular weight excluding hydrogens is 404 g/mol. The number of nitrogens with one attached hydrogen (secondary N) is 2. The molecule has 0 unspecified atom stereocenters. The average Bonchev–Trinajstić information content (AvgIpc) is 3.51. The van der Waals surface area contributed by atoms with Gasteiger partial charge >= 0.3 is 6.03 Å². The van der Waals surface area contributed by atoms with Gasteiger partial charge in [0.1, 0.15) is 11.0 Å². The fourth-order valence-electron chi connectivity index (χ4n) is 3.35. The first-order valence-electron chi connectivity index (χ1n) is 9.55. The molecule has 1 fully saturated rings. The Balaban J connectivity index is 1.30. The number of thiophene rings is 1. The molecule has 3 amide bonds. The van der Waals surface area contributed by atoms with E-state index in [0.29, 0.717) is 26.1 Å². The van der Waals surface area contributed by atoms with E-state index in [4.69, 9.17) is 0 Å². The van der Waals surface area contributed by atoms with Gasteiger partial charge in [0.15, 0.2) is 0 Å². The minimum atomic E-state index is -0.429. The maximum atomic E-state index is 12.7. The number of hydrogen-bond acceptors (Lipinski definition) is 5. The van der Waals surface area contributed by atoms with Crippen molar-refractivity contribution in [1.82, 2.24) is 20.5 Å². The van der Waals surface area contributed by atoms with Gasteiger partial charge in [-0.1, -0.05) is 36.4 Å². The van der Waals surface area contributed by atoms with Crippen molar-refractivity contribution in [2.24, 2.45) is 0 Å². The number of amides is 3. The Bertz CT molecular complexity index is 956. The normalized spacial score (nSPS) is 16.0. The Labute approximate surface area is 177 Å². The maximum Gasteiger partial charge on any atom is 0.318 e. The number of benzene rings is 1. The van der Waals surface area contributed by atoms with E-state index in [0.717, 1.165) is 27.6 Å². The third-order valence-electron chi connectivity index (χ3n) is 4.83. The van der Waals surface area contributed by atoms with Crippen LogP contribution in [0.25, 0.3) is 9.88 Å². The summed E-state index contributed by atoms with van der Waals surface area (Å²) in [6.45, 7) is 1.42. The number of nitrogens with zero attached hydrogens (tertiary/aromatic N) is 2. The standard InChI is InChI=1S/C21H22N4O2S2/c26-19(22-13-16-14-29-20(24-16)18-9-5-11-28-18)17-8-4-10-25(17)21(27)23-12-15-6-2-1-3-7-15/h1-3,5-7,9,11,14,17H,4,8,10,12-13H2,(H,22,26)(H,23,27)/t17-/m1/s1. The fraction of sp³-hybridized carbons (Fsp3) is 0.286. The second-order valence-corrected chi connectivity index (χ2v) is 8.64. The molecule has 4 rings (SSSR count). The molecule has 1 aliphatic heterocycles. The zero-order valence-electron chi connectivity index (χ0n) is 15.8. The first kappa shape index (κ1) is 19.6. The highest BCUT2D eigenvalue weighted by molar-refractivity contribution is 7.20. The number of hydrogen-bond donors (Lipinski definition) is 2. The first-order valence-corrected chi connectivity index (χ1v) is 11.3. The SMILES string of the molecule is O=C(NCc1csc(-c2cccs2)n1)[C@H]1CCCN1C(=O)NCc1ccccc1. The largest absolute Gasteiger partial charge is 0.349 e. The topological polar surface area (TPSA) is 74.3 Å². The van der Waals surface area contributed by atoms with Crippen molar-refractivity contribution in [3.05, 3.63) is 64.5 Å². The van der Waals surface area contributed by atoms with Crippen LogP contribution in [0.4, 0.5) is 4.79 Å². The zero-order chi connectivity index (χ0) is 20.1. The van der Waals surface area contributed by atoms with Crippen LogP contribution in [-0.4, -0.2) is 34.4 Å². The van der Waals surface area contributed by atoms with Crippen LogP contribution in [0.15, 0.2) is 53.2 Å². The van der Waals surface area contributed by atoms with Gasteiger partial charge in [0.05, 0.1) is 17.1 Å².